The monoisotopic (exact) mass is 314 g/mol. The van der Waals surface area contributed by atoms with E-state index in [2.05, 4.69) is 20.5 Å². The largest absolute Gasteiger partial charge is 0.296 e. The molecule has 5 nitrogen and oxygen atoms in total. The van der Waals surface area contributed by atoms with Crippen molar-refractivity contribution in [1.29, 1.82) is 0 Å². The summed E-state index contributed by atoms with van der Waals surface area (Å²) in [7, 11) is 0. The van der Waals surface area contributed by atoms with Crippen LogP contribution in [0.4, 0.5) is 5.13 Å². The topological polar surface area (TPSA) is 67.8 Å². The second kappa shape index (κ2) is 6.47. The number of benzene rings is 1. The van der Waals surface area contributed by atoms with Crippen LogP contribution in [-0.4, -0.2) is 21.1 Å². The second-order valence-electron chi connectivity index (χ2n) is 3.97. The number of nitrogens with one attached hydrogen (secondary N) is 1. The minimum Gasteiger partial charge on any atom is -0.296 e. The first kappa shape index (κ1) is 13.7. The summed E-state index contributed by atoms with van der Waals surface area (Å²) in [5.74, 6) is -0.238. The number of hydrogen-bond donors (Lipinski definition) is 1. The quantitative estimate of drug-likeness (QED) is 0.800. The van der Waals surface area contributed by atoms with Gasteiger partial charge in [-0.15, -0.1) is 10.2 Å². The Hall–Kier alpha value is -2.25. The van der Waals surface area contributed by atoms with Gasteiger partial charge in [0.05, 0.1) is 5.56 Å². The van der Waals surface area contributed by atoms with Crippen molar-refractivity contribution in [2.45, 2.75) is 9.92 Å². The number of carbonyl (C=O) groups excluding carboxylic acids is 1. The van der Waals surface area contributed by atoms with E-state index in [1.807, 2.05) is 30.3 Å². The van der Waals surface area contributed by atoms with E-state index in [0.29, 0.717) is 15.7 Å². The van der Waals surface area contributed by atoms with Gasteiger partial charge < -0.3 is 0 Å². The Kier molecular flexibility index (Phi) is 4.23. The van der Waals surface area contributed by atoms with Crippen molar-refractivity contribution in [1.82, 2.24) is 15.2 Å². The molecule has 0 atom stereocenters. The number of anilines is 1. The first-order valence-corrected chi connectivity index (χ1v) is 7.78. The summed E-state index contributed by atoms with van der Waals surface area (Å²) in [6, 6.07) is 13.3. The number of nitrogens with zero attached hydrogens (tertiary/aromatic N) is 3. The second-order valence-corrected chi connectivity index (χ2v) is 5.86. The van der Waals surface area contributed by atoms with Crippen LogP contribution in [0.5, 0.6) is 0 Å². The molecule has 0 unspecified atom stereocenters. The zero-order valence-corrected chi connectivity index (χ0v) is 12.4. The van der Waals surface area contributed by atoms with Gasteiger partial charge in [-0.05, 0) is 24.3 Å². The van der Waals surface area contributed by atoms with Crippen LogP contribution in [0.15, 0.2) is 64.1 Å². The van der Waals surface area contributed by atoms with Crippen molar-refractivity contribution >= 4 is 34.1 Å². The van der Waals surface area contributed by atoms with Gasteiger partial charge in [0.2, 0.25) is 5.13 Å². The molecule has 0 fully saturated rings. The smallest absolute Gasteiger partial charge is 0.260 e. The highest BCUT2D eigenvalue weighted by molar-refractivity contribution is 7.99. The molecular weight excluding hydrogens is 304 g/mol. The number of hydrogen-bond acceptors (Lipinski definition) is 6. The molecule has 0 bridgehead atoms. The van der Waals surface area contributed by atoms with E-state index in [4.69, 9.17) is 0 Å². The molecule has 0 aliphatic carbocycles. The van der Waals surface area contributed by atoms with E-state index in [1.54, 1.807) is 23.8 Å². The summed E-state index contributed by atoms with van der Waals surface area (Å²) in [6.45, 7) is 0. The fourth-order valence-corrected chi connectivity index (χ4v) is 2.98. The zero-order chi connectivity index (χ0) is 14.5. The lowest BCUT2D eigenvalue weighted by atomic mass is 10.3. The van der Waals surface area contributed by atoms with E-state index < -0.39 is 0 Å². The van der Waals surface area contributed by atoms with Crippen molar-refractivity contribution in [2.75, 3.05) is 5.32 Å². The third-order valence-electron chi connectivity index (χ3n) is 2.55. The van der Waals surface area contributed by atoms with Gasteiger partial charge in [0, 0.05) is 11.1 Å². The number of rotatable bonds is 4. The molecule has 104 valence electrons. The van der Waals surface area contributed by atoms with Crippen LogP contribution in [0.25, 0.3) is 0 Å². The number of aromatic nitrogens is 3. The molecule has 1 amide bonds. The average molecular weight is 314 g/mol. The third kappa shape index (κ3) is 3.45. The van der Waals surface area contributed by atoms with Crippen molar-refractivity contribution in [2.24, 2.45) is 0 Å². The predicted molar refractivity (Wildman–Crippen MR) is 82.7 cm³/mol. The van der Waals surface area contributed by atoms with Crippen LogP contribution in [0.2, 0.25) is 0 Å². The number of carbonyl (C=O) groups is 1. The van der Waals surface area contributed by atoms with Crippen LogP contribution in [0.1, 0.15) is 10.4 Å². The molecule has 2 heterocycles. The van der Waals surface area contributed by atoms with E-state index in [1.165, 1.54) is 23.1 Å². The lowest BCUT2D eigenvalue weighted by Crippen LogP contribution is -2.13. The van der Waals surface area contributed by atoms with E-state index in [9.17, 15) is 4.79 Å². The molecule has 0 saturated heterocycles. The first-order chi connectivity index (χ1) is 10.3. The van der Waals surface area contributed by atoms with Gasteiger partial charge in [-0.2, -0.15) is 0 Å². The van der Waals surface area contributed by atoms with Gasteiger partial charge in [-0.3, -0.25) is 10.1 Å². The molecule has 1 N–H and O–H groups in total. The fraction of sp³-hybridized carbons (Fsp3) is 0. The van der Waals surface area contributed by atoms with Crippen LogP contribution < -0.4 is 5.32 Å². The molecule has 3 aromatic rings. The van der Waals surface area contributed by atoms with Crippen molar-refractivity contribution in [3.63, 3.8) is 0 Å². The summed E-state index contributed by atoms with van der Waals surface area (Å²) in [5, 5.41) is 11.3. The molecule has 21 heavy (non-hydrogen) atoms. The van der Waals surface area contributed by atoms with Crippen LogP contribution in [0.3, 0.4) is 0 Å². The summed E-state index contributed by atoms with van der Waals surface area (Å²) < 4.78 is 0. The Morgan fingerprint density at radius 1 is 1.14 bits per heavy atom. The molecule has 3 rings (SSSR count). The maximum Gasteiger partial charge on any atom is 0.260 e. The average Bonchev–Trinajstić information content (AvgIpc) is 3.02. The highest BCUT2D eigenvalue weighted by Gasteiger charge is 2.14. The Morgan fingerprint density at radius 3 is 2.76 bits per heavy atom. The Balaban J connectivity index is 1.84. The number of amides is 1. The van der Waals surface area contributed by atoms with Crippen LogP contribution in [-0.2, 0) is 0 Å². The molecule has 0 saturated carbocycles. The molecule has 0 aliphatic rings. The highest BCUT2D eigenvalue weighted by Crippen LogP contribution is 2.28. The van der Waals surface area contributed by atoms with Gasteiger partial charge in [-0.25, -0.2) is 4.98 Å². The maximum absolute atomic E-state index is 12.3. The lowest BCUT2D eigenvalue weighted by molar-refractivity contribution is 0.102. The fourth-order valence-electron chi connectivity index (χ4n) is 1.64. The minimum atomic E-state index is -0.238. The maximum atomic E-state index is 12.3. The molecule has 0 spiro atoms. The Bertz CT molecular complexity index is 732. The Morgan fingerprint density at radius 2 is 2.00 bits per heavy atom. The summed E-state index contributed by atoms with van der Waals surface area (Å²) in [6.07, 6.45) is 1.67. The number of pyridine rings is 1. The Labute approximate surface area is 129 Å². The SMILES string of the molecule is O=C(Nc1nncs1)c1cccnc1Sc1ccccc1. The van der Waals surface area contributed by atoms with Gasteiger partial charge in [-0.1, -0.05) is 41.3 Å². The minimum absolute atomic E-state index is 0.238. The van der Waals surface area contributed by atoms with Gasteiger partial charge >= 0.3 is 0 Å². The van der Waals surface area contributed by atoms with Crippen LogP contribution in [0, 0.1) is 0 Å². The molecule has 0 radical (unpaired) electrons. The standard InChI is InChI=1S/C14H10N4OS2/c19-12(17-14-18-16-9-20-14)11-7-4-8-15-13(11)21-10-5-2-1-3-6-10/h1-9H,(H,17,18,19). The third-order valence-corrected chi connectivity index (χ3v) is 4.19. The summed E-state index contributed by atoms with van der Waals surface area (Å²) >= 11 is 2.72. The van der Waals surface area contributed by atoms with Crippen molar-refractivity contribution in [3.05, 3.63) is 59.7 Å². The molecular formula is C14H10N4OS2. The summed E-state index contributed by atoms with van der Waals surface area (Å²) in [4.78, 5) is 17.6. The summed E-state index contributed by atoms with van der Waals surface area (Å²) in [5.41, 5.74) is 2.08. The lowest BCUT2D eigenvalue weighted by Gasteiger charge is -2.07. The molecule has 0 aliphatic heterocycles. The van der Waals surface area contributed by atoms with E-state index in [-0.39, 0.29) is 5.91 Å². The zero-order valence-electron chi connectivity index (χ0n) is 10.8. The van der Waals surface area contributed by atoms with Crippen molar-refractivity contribution < 1.29 is 4.79 Å². The van der Waals surface area contributed by atoms with E-state index >= 15 is 0 Å². The normalized spacial score (nSPS) is 10.3. The van der Waals surface area contributed by atoms with Gasteiger partial charge in [0.25, 0.3) is 5.91 Å². The molecule has 7 heteroatoms. The van der Waals surface area contributed by atoms with Gasteiger partial charge in [0.1, 0.15) is 10.5 Å². The highest BCUT2D eigenvalue weighted by atomic mass is 32.2. The first-order valence-electron chi connectivity index (χ1n) is 6.08. The molecule has 2 aromatic heterocycles. The van der Waals surface area contributed by atoms with E-state index in [0.717, 1.165) is 4.90 Å². The molecule has 1 aromatic carbocycles. The van der Waals surface area contributed by atoms with Crippen LogP contribution >= 0.6 is 23.1 Å². The van der Waals surface area contributed by atoms with Crippen molar-refractivity contribution in [3.8, 4) is 0 Å². The van der Waals surface area contributed by atoms with Gasteiger partial charge in [0.15, 0.2) is 0 Å². The predicted octanol–water partition coefficient (Wildman–Crippen LogP) is 3.34.